The highest BCUT2D eigenvalue weighted by Crippen LogP contribution is 2.32. The van der Waals surface area contributed by atoms with E-state index >= 15 is 0 Å². The molecule has 0 aliphatic carbocycles. The van der Waals surface area contributed by atoms with Crippen LogP contribution in [-0.2, 0) is 19.5 Å². The van der Waals surface area contributed by atoms with Crippen molar-refractivity contribution in [1.29, 1.82) is 0 Å². The average molecular weight is 381 g/mol. The van der Waals surface area contributed by atoms with E-state index in [0.29, 0.717) is 26.1 Å². The maximum Gasteiger partial charge on any atom is 0.573 e. The second kappa shape index (κ2) is 7.10. The van der Waals surface area contributed by atoms with Crippen LogP contribution >= 0.6 is 0 Å². The van der Waals surface area contributed by atoms with Crippen molar-refractivity contribution in [3.8, 4) is 5.75 Å². The van der Waals surface area contributed by atoms with Crippen molar-refractivity contribution in [2.75, 3.05) is 19.8 Å². The molecule has 25 heavy (non-hydrogen) atoms. The lowest BCUT2D eigenvalue weighted by molar-refractivity contribution is -0.274. The summed E-state index contributed by atoms with van der Waals surface area (Å²) in [5.74, 6) is -0.574. The molecule has 2 heterocycles. The molecule has 2 fully saturated rings. The van der Waals surface area contributed by atoms with Crippen molar-refractivity contribution >= 4 is 10.0 Å². The molecular weight excluding hydrogens is 363 g/mol. The molecule has 2 aliphatic rings. The molecule has 6 nitrogen and oxygen atoms in total. The minimum atomic E-state index is -4.89. The molecule has 140 valence electrons. The molecule has 0 unspecified atom stereocenters. The Bertz CT molecular complexity index is 703. The van der Waals surface area contributed by atoms with Crippen LogP contribution in [0.2, 0.25) is 0 Å². The zero-order valence-corrected chi connectivity index (χ0v) is 14.1. The van der Waals surface area contributed by atoms with Gasteiger partial charge in [-0.25, -0.2) is 8.42 Å². The number of ether oxygens (including phenoxy) is 3. The lowest BCUT2D eigenvalue weighted by Gasteiger charge is -2.36. The Morgan fingerprint density at radius 1 is 1.16 bits per heavy atom. The van der Waals surface area contributed by atoms with E-state index in [-0.39, 0.29) is 11.4 Å². The molecule has 2 aliphatic heterocycles. The monoisotopic (exact) mass is 381 g/mol. The number of sulfonamides is 1. The molecule has 1 aromatic carbocycles. The number of rotatable bonds is 4. The molecule has 3 rings (SSSR count). The van der Waals surface area contributed by atoms with E-state index in [2.05, 4.69) is 4.74 Å². The van der Waals surface area contributed by atoms with E-state index in [4.69, 9.17) is 9.47 Å². The van der Waals surface area contributed by atoms with Gasteiger partial charge in [-0.05, 0) is 25.0 Å². The molecular formula is C15H18F3NO5S. The standard InChI is InChI=1S/C15H18F3NO5S/c16-15(17,18)24-11-4-3-5-12(10-11)25(20,21)19-7-2-1-6-13(19)14-22-8-9-23-14/h3-5,10,13-14H,1-2,6-9H2/t13-/m1/s1. The van der Waals surface area contributed by atoms with Gasteiger partial charge in [0.1, 0.15) is 5.75 Å². The summed E-state index contributed by atoms with van der Waals surface area (Å²) in [6.07, 6.45) is -3.47. The molecule has 1 atom stereocenters. The lowest BCUT2D eigenvalue weighted by atomic mass is 10.0. The van der Waals surface area contributed by atoms with Gasteiger partial charge in [0.2, 0.25) is 10.0 Å². The van der Waals surface area contributed by atoms with Crippen molar-refractivity contribution in [3.63, 3.8) is 0 Å². The van der Waals surface area contributed by atoms with Crippen LogP contribution < -0.4 is 4.74 Å². The maximum absolute atomic E-state index is 13.0. The summed E-state index contributed by atoms with van der Waals surface area (Å²) < 4.78 is 79.0. The SMILES string of the molecule is O=S(=O)(c1cccc(OC(F)(F)F)c1)N1CCCC[C@@H]1C1OCCO1. The molecule has 0 saturated carbocycles. The topological polar surface area (TPSA) is 65.1 Å². The Labute approximate surface area is 143 Å². The van der Waals surface area contributed by atoms with E-state index in [1.54, 1.807) is 0 Å². The van der Waals surface area contributed by atoms with E-state index in [9.17, 15) is 21.6 Å². The number of benzene rings is 1. The maximum atomic E-state index is 13.0. The molecule has 0 amide bonds. The molecule has 2 saturated heterocycles. The van der Waals surface area contributed by atoms with Crippen LogP contribution in [0.4, 0.5) is 13.2 Å². The van der Waals surface area contributed by atoms with Crippen LogP contribution in [0, 0.1) is 0 Å². The van der Waals surface area contributed by atoms with E-state index in [1.165, 1.54) is 16.4 Å². The minimum Gasteiger partial charge on any atom is -0.406 e. The van der Waals surface area contributed by atoms with Gasteiger partial charge in [0.15, 0.2) is 6.29 Å². The van der Waals surface area contributed by atoms with Crippen LogP contribution in [0.3, 0.4) is 0 Å². The fraction of sp³-hybridized carbons (Fsp3) is 0.600. The van der Waals surface area contributed by atoms with Gasteiger partial charge in [-0.1, -0.05) is 12.5 Å². The molecule has 10 heteroatoms. The Hall–Kier alpha value is -1.36. The Kier molecular flexibility index (Phi) is 5.24. The van der Waals surface area contributed by atoms with E-state index in [0.717, 1.165) is 18.6 Å². The quantitative estimate of drug-likeness (QED) is 0.802. The number of hydrogen-bond donors (Lipinski definition) is 0. The zero-order chi connectivity index (χ0) is 18.1. The first-order chi connectivity index (χ1) is 11.8. The number of halogens is 3. The predicted octanol–water partition coefficient (Wildman–Crippen LogP) is 2.50. The van der Waals surface area contributed by atoms with Crippen molar-refractivity contribution in [1.82, 2.24) is 4.31 Å². The zero-order valence-electron chi connectivity index (χ0n) is 13.2. The summed E-state index contributed by atoms with van der Waals surface area (Å²) in [7, 11) is -4.00. The summed E-state index contributed by atoms with van der Waals surface area (Å²) in [6, 6.07) is 3.91. The Morgan fingerprint density at radius 2 is 1.88 bits per heavy atom. The molecule has 0 radical (unpaired) electrons. The van der Waals surface area contributed by atoms with Crippen LogP contribution in [0.15, 0.2) is 29.2 Å². The highest BCUT2D eigenvalue weighted by Gasteiger charge is 2.40. The van der Waals surface area contributed by atoms with E-state index < -0.39 is 34.5 Å². The van der Waals surface area contributed by atoms with Crippen molar-refractivity contribution in [3.05, 3.63) is 24.3 Å². The lowest BCUT2D eigenvalue weighted by Crippen LogP contribution is -2.50. The predicted molar refractivity (Wildman–Crippen MR) is 80.3 cm³/mol. The molecule has 0 spiro atoms. The number of piperidine rings is 1. The summed E-state index contributed by atoms with van der Waals surface area (Å²) in [5, 5.41) is 0. The third kappa shape index (κ3) is 4.25. The summed E-state index contributed by atoms with van der Waals surface area (Å²) in [6.45, 7) is 1.05. The van der Waals surface area contributed by atoms with Crippen LogP contribution in [0.1, 0.15) is 19.3 Å². The van der Waals surface area contributed by atoms with Gasteiger partial charge >= 0.3 is 6.36 Å². The molecule has 0 N–H and O–H groups in total. The minimum absolute atomic E-state index is 0.251. The average Bonchev–Trinajstić information content (AvgIpc) is 3.08. The van der Waals surface area contributed by atoms with Gasteiger partial charge in [0.05, 0.1) is 24.2 Å². The molecule has 0 aromatic heterocycles. The molecule has 0 bridgehead atoms. The smallest absolute Gasteiger partial charge is 0.406 e. The van der Waals surface area contributed by atoms with Gasteiger partial charge < -0.3 is 14.2 Å². The highest BCUT2D eigenvalue weighted by molar-refractivity contribution is 7.89. The second-order valence-electron chi connectivity index (χ2n) is 5.81. The normalized spacial score (nSPS) is 23.7. The summed E-state index contributed by atoms with van der Waals surface area (Å²) >= 11 is 0. The van der Waals surface area contributed by atoms with Crippen LogP contribution in [0.25, 0.3) is 0 Å². The van der Waals surface area contributed by atoms with Gasteiger partial charge in [-0.3, -0.25) is 0 Å². The Morgan fingerprint density at radius 3 is 2.56 bits per heavy atom. The fourth-order valence-electron chi connectivity index (χ4n) is 3.07. The van der Waals surface area contributed by atoms with Gasteiger partial charge in [-0.2, -0.15) is 4.31 Å². The van der Waals surface area contributed by atoms with Crippen LogP contribution in [0.5, 0.6) is 5.75 Å². The van der Waals surface area contributed by atoms with Gasteiger partial charge in [0.25, 0.3) is 0 Å². The van der Waals surface area contributed by atoms with Crippen LogP contribution in [-0.4, -0.2) is 51.2 Å². The third-order valence-electron chi connectivity index (χ3n) is 4.11. The van der Waals surface area contributed by atoms with Crippen molar-refractivity contribution in [2.24, 2.45) is 0 Å². The first kappa shape index (κ1) is 18.4. The van der Waals surface area contributed by atoms with E-state index in [1.807, 2.05) is 0 Å². The third-order valence-corrected chi connectivity index (χ3v) is 6.03. The molecule has 1 aromatic rings. The first-order valence-corrected chi connectivity index (χ1v) is 9.32. The van der Waals surface area contributed by atoms with Crippen molar-refractivity contribution in [2.45, 2.75) is 42.9 Å². The van der Waals surface area contributed by atoms with Gasteiger partial charge in [0, 0.05) is 12.6 Å². The summed E-state index contributed by atoms with van der Waals surface area (Å²) in [4.78, 5) is -0.251. The largest absolute Gasteiger partial charge is 0.573 e. The summed E-state index contributed by atoms with van der Waals surface area (Å²) in [5.41, 5.74) is 0. The number of hydrogen-bond acceptors (Lipinski definition) is 5. The first-order valence-electron chi connectivity index (χ1n) is 7.88. The highest BCUT2D eigenvalue weighted by atomic mass is 32.2. The Balaban J connectivity index is 1.87. The number of alkyl halides is 3. The fourth-order valence-corrected chi connectivity index (χ4v) is 4.78. The second-order valence-corrected chi connectivity index (χ2v) is 7.70. The van der Waals surface area contributed by atoms with Gasteiger partial charge in [-0.15, -0.1) is 13.2 Å². The van der Waals surface area contributed by atoms with Crippen molar-refractivity contribution < 1.29 is 35.8 Å². The number of nitrogens with zero attached hydrogens (tertiary/aromatic N) is 1.